The van der Waals surface area contributed by atoms with Crippen LogP contribution < -0.4 is 0 Å². The first-order valence-electron chi connectivity index (χ1n) is 8.43. The highest BCUT2D eigenvalue weighted by molar-refractivity contribution is 5.37. The van der Waals surface area contributed by atoms with Gasteiger partial charge < -0.3 is 0 Å². The molecule has 0 amide bonds. The Morgan fingerprint density at radius 2 is 1.36 bits per heavy atom. The second-order valence-electron chi connectivity index (χ2n) is 8.18. The minimum absolute atomic E-state index is 0.105. The summed E-state index contributed by atoms with van der Waals surface area (Å²) in [7, 11) is 0. The Balaban J connectivity index is 2.28. The first kappa shape index (κ1) is 20.1. The van der Waals surface area contributed by atoms with Gasteiger partial charge in [0.1, 0.15) is 0 Å². The van der Waals surface area contributed by atoms with Gasteiger partial charge in [-0.15, -0.1) is 0 Å². The zero-order chi connectivity index (χ0) is 19.3. The Bertz CT molecular complexity index is 594. The van der Waals surface area contributed by atoms with Gasteiger partial charge in [-0.05, 0) is 60.6 Å². The second-order valence-corrected chi connectivity index (χ2v) is 8.18. The molecule has 0 spiro atoms. The zero-order valence-electron chi connectivity index (χ0n) is 14.9. The van der Waals surface area contributed by atoms with Gasteiger partial charge in [0.15, 0.2) is 5.41 Å². The van der Waals surface area contributed by atoms with Crippen LogP contribution in [0.25, 0.3) is 0 Å². The molecule has 0 bridgehead atoms. The number of benzene rings is 1. The summed E-state index contributed by atoms with van der Waals surface area (Å²) in [5.74, 6) is -0.264. The summed E-state index contributed by atoms with van der Waals surface area (Å²) in [5.41, 5.74) is -0.696. The SMILES string of the molecule is Cc1ccc(C2CCC(C(F)(F)F)(C(F)(F)F)CC2)cc1C(C)(C)C. The lowest BCUT2D eigenvalue weighted by atomic mass is 9.67. The monoisotopic (exact) mass is 366 g/mol. The molecule has 0 N–H and O–H groups in total. The van der Waals surface area contributed by atoms with Crippen LogP contribution in [0.5, 0.6) is 0 Å². The maximum absolute atomic E-state index is 13.2. The highest BCUT2D eigenvalue weighted by Crippen LogP contribution is 2.60. The van der Waals surface area contributed by atoms with E-state index in [4.69, 9.17) is 0 Å². The lowest BCUT2D eigenvalue weighted by Gasteiger charge is -2.42. The summed E-state index contributed by atoms with van der Waals surface area (Å²) >= 11 is 0. The van der Waals surface area contributed by atoms with E-state index >= 15 is 0 Å². The van der Waals surface area contributed by atoms with Gasteiger partial charge in [-0.3, -0.25) is 0 Å². The molecule has 1 aromatic carbocycles. The lowest BCUT2D eigenvalue weighted by Crippen LogP contribution is -2.51. The Hall–Kier alpha value is -1.20. The smallest absolute Gasteiger partial charge is 0.170 e. The fourth-order valence-corrected chi connectivity index (χ4v) is 3.87. The Kier molecular flexibility index (Phi) is 4.99. The molecule has 142 valence electrons. The standard InChI is InChI=1S/C19H24F6/c1-12-5-6-14(11-15(12)16(2,3)4)13-7-9-17(10-8-13,18(20,21)22)19(23,24)25/h5-6,11,13H,7-10H2,1-4H3. The molecule has 0 radical (unpaired) electrons. The van der Waals surface area contributed by atoms with E-state index in [2.05, 4.69) is 0 Å². The quantitative estimate of drug-likeness (QED) is 0.467. The summed E-state index contributed by atoms with van der Waals surface area (Å²) in [5, 5.41) is 0. The summed E-state index contributed by atoms with van der Waals surface area (Å²) in [6.07, 6.45) is -12.5. The second kappa shape index (κ2) is 6.20. The van der Waals surface area contributed by atoms with Crippen molar-refractivity contribution in [3.63, 3.8) is 0 Å². The Labute approximate surface area is 144 Å². The average Bonchev–Trinajstić information content (AvgIpc) is 2.44. The fourth-order valence-electron chi connectivity index (χ4n) is 3.87. The van der Waals surface area contributed by atoms with Gasteiger partial charge >= 0.3 is 12.4 Å². The third-order valence-corrected chi connectivity index (χ3v) is 5.47. The van der Waals surface area contributed by atoms with Crippen molar-refractivity contribution >= 4 is 0 Å². The van der Waals surface area contributed by atoms with Crippen molar-refractivity contribution in [1.29, 1.82) is 0 Å². The van der Waals surface area contributed by atoms with Crippen molar-refractivity contribution in [3.05, 3.63) is 34.9 Å². The maximum atomic E-state index is 13.2. The highest BCUT2D eigenvalue weighted by atomic mass is 19.4. The van der Waals surface area contributed by atoms with Crippen molar-refractivity contribution < 1.29 is 26.3 Å². The Morgan fingerprint density at radius 3 is 1.76 bits per heavy atom. The largest absolute Gasteiger partial charge is 0.403 e. The molecule has 6 heteroatoms. The predicted molar refractivity (Wildman–Crippen MR) is 85.6 cm³/mol. The molecular weight excluding hydrogens is 342 g/mol. The van der Waals surface area contributed by atoms with E-state index in [0.717, 1.165) is 16.7 Å². The van der Waals surface area contributed by atoms with E-state index in [0.29, 0.717) is 0 Å². The van der Waals surface area contributed by atoms with Crippen molar-refractivity contribution in [1.82, 2.24) is 0 Å². The molecule has 0 aromatic heterocycles. The molecule has 0 atom stereocenters. The Morgan fingerprint density at radius 1 is 0.880 bits per heavy atom. The van der Waals surface area contributed by atoms with Crippen LogP contribution in [0, 0.1) is 12.3 Å². The number of rotatable bonds is 1. The van der Waals surface area contributed by atoms with Gasteiger partial charge in [0.25, 0.3) is 0 Å². The average molecular weight is 366 g/mol. The zero-order valence-corrected chi connectivity index (χ0v) is 14.9. The molecule has 25 heavy (non-hydrogen) atoms. The van der Waals surface area contributed by atoms with E-state index in [-0.39, 0.29) is 24.2 Å². The van der Waals surface area contributed by atoms with Crippen LogP contribution in [-0.2, 0) is 5.41 Å². The summed E-state index contributed by atoms with van der Waals surface area (Å²) in [6.45, 7) is 8.08. The highest BCUT2D eigenvalue weighted by Gasteiger charge is 2.70. The third kappa shape index (κ3) is 3.68. The van der Waals surface area contributed by atoms with Crippen LogP contribution in [-0.4, -0.2) is 12.4 Å². The summed E-state index contributed by atoms with van der Waals surface area (Å²) in [4.78, 5) is 0. The van der Waals surface area contributed by atoms with Gasteiger partial charge in [0, 0.05) is 0 Å². The lowest BCUT2D eigenvalue weighted by molar-refractivity contribution is -0.350. The van der Waals surface area contributed by atoms with Crippen molar-refractivity contribution in [2.75, 3.05) is 0 Å². The minimum atomic E-state index is -5.26. The van der Waals surface area contributed by atoms with Gasteiger partial charge in [-0.25, -0.2) is 0 Å². The molecule has 1 fully saturated rings. The molecule has 2 rings (SSSR count). The number of alkyl halides is 6. The third-order valence-electron chi connectivity index (χ3n) is 5.47. The molecule has 1 aliphatic rings. The van der Waals surface area contributed by atoms with Crippen LogP contribution in [0.2, 0.25) is 0 Å². The van der Waals surface area contributed by atoms with Crippen LogP contribution in [0.15, 0.2) is 18.2 Å². The molecule has 0 heterocycles. The number of halogens is 6. The van der Waals surface area contributed by atoms with Crippen LogP contribution in [0.4, 0.5) is 26.3 Å². The van der Waals surface area contributed by atoms with Crippen molar-refractivity contribution in [2.24, 2.45) is 5.41 Å². The van der Waals surface area contributed by atoms with Crippen molar-refractivity contribution in [2.45, 2.75) is 77.1 Å². The molecule has 1 saturated carbocycles. The molecule has 0 saturated heterocycles. The van der Waals surface area contributed by atoms with Gasteiger partial charge in [-0.1, -0.05) is 39.0 Å². The molecule has 0 nitrogen and oxygen atoms in total. The fraction of sp³-hybridized carbons (Fsp3) is 0.684. The first-order valence-corrected chi connectivity index (χ1v) is 8.43. The van der Waals surface area contributed by atoms with Crippen LogP contribution in [0.1, 0.15) is 69.1 Å². The van der Waals surface area contributed by atoms with E-state index in [1.165, 1.54) is 0 Å². The number of aryl methyl sites for hydroxylation is 1. The van der Waals surface area contributed by atoms with E-state index in [1.807, 2.05) is 45.9 Å². The first-order chi connectivity index (χ1) is 11.2. The van der Waals surface area contributed by atoms with Crippen molar-refractivity contribution in [3.8, 4) is 0 Å². The van der Waals surface area contributed by atoms with Crippen LogP contribution >= 0.6 is 0 Å². The van der Waals surface area contributed by atoms with Gasteiger partial charge in [0.2, 0.25) is 0 Å². The van der Waals surface area contributed by atoms with Gasteiger partial charge in [-0.2, -0.15) is 26.3 Å². The van der Waals surface area contributed by atoms with E-state index < -0.39 is 30.6 Å². The maximum Gasteiger partial charge on any atom is 0.403 e. The number of hydrogen-bond acceptors (Lipinski definition) is 0. The van der Waals surface area contributed by atoms with Gasteiger partial charge in [0.05, 0.1) is 0 Å². The molecule has 0 unspecified atom stereocenters. The normalized spacial score (nSPS) is 19.9. The molecular formula is C19H24F6. The number of hydrogen-bond donors (Lipinski definition) is 0. The van der Waals surface area contributed by atoms with E-state index in [9.17, 15) is 26.3 Å². The summed E-state index contributed by atoms with van der Waals surface area (Å²) < 4.78 is 79.1. The summed E-state index contributed by atoms with van der Waals surface area (Å²) in [6, 6.07) is 5.70. The molecule has 1 aromatic rings. The topological polar surface area (TPSA) is 0 Å². The van der Waals surface area contributed by atoms with Crippen LogP contribution in [0.3, 0.4) is 0 Å². The predicted octanol–water partition coefficient (Wildman–Crippen LogP) is 7.06. The van der Waals surface area contributed by atoms with E-state index in [1.54, 1.807) is 0 Å². The molecule has 1 aliphatic carbocycles. The molecule has 0 aliphatic heterocycles. The minimum Gasteiger partial charge on any atom is -0.170 e.